The summed E-state index contributed by atoms with van der Waals surface area (Å²) in [5.74, 6) is 0.990. The van der Waals surface area contributed by atoms with E-state index in [0.29, 0.717) is 6.54 Å². The van der Waals surface area contributed by atoms with Gasteiger partial charge in [0.25, 0.3) is 0 Å². The van der Waals surface area contributed by atoms with Crippen molar-refractivity contribution in [2.45, 2.75) is 32.2 Å². The molecule has 0 radical (unpaired) electrons. The smallest absolute Gasteiger partial charge is 0.227 e. The molecule has 0 saturated heterocycles. The fourth-order valence-electron chi connectivity index (χ4n) is 3.18. The van der Waals surface area contributed by atoms with Crippen molar-refractivity contribution < 1.29 is 4.79 Å². The SMILES string of the molecule is CCC(C(=O)NCCCn1ccnc1-c1ccccc1)c1ccccc1. The number of carbonyl (C=O) groups is 1. The predicted octanol–water partition coefficient (Wildman–Crippen LogP) is 4.25. The van der Waals surface area contributed by atoms with Crippen LogP contribution in [0.2, 0.25) is 0 Å². The third-order valence-corrected chi connectivity index (χ3v) is 4.55. The molecule has 134 valence electrons. The fraction of sp³-hybridized carbons (Fsp3) is 0.273. The molecule has 0 fully saturated rings. The first-order valence-electron chi connectivity index (χ1n) is 9.18. The van der Waals surface area contributed by atoms with Gasteiger partial charge in [0.1, 0.15) is 5.82 Å². The van der Waals surface area contributed by atoms with Gasteiger partial charge < -0.3 is 9.88 Å². The number of aryl methyl sites for hydroxylation is 1. The van der Waals surface area contributed by atoms with E-state index in [1.807, 2.05) is 60.9 Å². The lowest BCUT2D eigenvalue weighted by atomic mass is 9.96. The van der Waals surface area contributed by atoms with Gasteiger partial charge in [-0.3, -0.25) is 4.79 Å². The summed E-state index contributed by atoms with van der Waals surface area (Å²) in [6.45, 7) is 3.54. The van der Waals surface area contributed by atoms with Crippen molar-refractivity contribution in [1.29, 1.82) is 0 Å². The van der Waals surface area contributed by atoms with Gasteiger partial charge in [-0.1, -0.05) is 67.6 Å². The van der Waals surface area contributed by atoms with Crippen molar-refractivity contribution >= 4 is 5.91 Å². The summed E-state index contributed by atoms with van der Waals surface area (Å²) in [6, 6.07) is 20.1. The van der Waals surface area contributed by atoms with E-state index in [1.54, 1.807) is 0 Å². The summed E-state index contributed by atoms with van der Waals surface area (Å²) in [7, 11) is 0. The quantitative estimate of drug-likeness (QED) is 0.619. The Bertz CT molecular complexity index is 812. The highest BCUT2D eigenvalue weighted by molar-refractivity contribution is 5.83. The monoisotopic (exact) mass is 347 g/mol. The minimum atomic E-state index is -0.0793. The van der Waals surface area contributed by atoms with Gasteiger partial charge in [-0.05, 0) is 18.4 Å². The first-order valence-corrected chi connectivity index (χ1v) is 9.18. The second kappa shape index (κ2) is 8.99. The average molecular weight is 347 g/mol. The molecule has 26 heavy (non-hydrogen) atoms. The molecule has 3 aromatic rings. The Morgan fingerprint density at radius 2 is 1.77 bits per heavy atom. The van der Waals surface area contributed by atoms with Gasteiger partial charge in [0.2, 0.25) is 5.91 Å². The Morgan fingerprint density at radius 3 is 2.46 bits per heavy atom. The van der Waals surface area contributed by atoms with Crippen molar-refractivity contribution in [3.63, 3.8) is 0 Å². The van der Waals surface area contributed by atoms with E-state index in [1.165, 1.54) is 0 Å². The maximum atomic E-state index is 12.5. The molecule has 0 aliphatic rings. The van der Waals surface area contributed by atoms with Crippen LogP contribution in [-0.4, -0.2) is 22.0 Å². The summed E-state index contributed by atoms with van der Waals surface area (Å²) >= 11 is 0. The normalized spacial score (nSPS) is 11.9. The lowest BCUT2D eigenvalue weighted by Gasteiger charge is -2.15. The Kier molecular flexibility index (Phi) is 6.20. The van der Waals surface area contributed by atoms with Crippen LogP contribution in [0.25, 0.3) is 11.4 Å². The van der Waals surface area contributed by atoms with E-state index in [2.05, 4.69) is 33.9 Å². The molecular formula is C22H25N3O. The molecule has 1 aromatic heterocycles. The van der Waals surface area contributed by atoms with E-state index in [4.69, 9.17) is 0 Å². The van der Waals surface area contributed by atoms with Gasteiger partial charge >= 0.3 is 0 Å². The number of aromatic nitrogens is 2. The van der Waals surface area contributed by atoms with E-state index in [9.17, 15) is 4.79 Å². The third kappa shape index (κ3) is 4.39. The first kappa shape index (κ1) is 17.9. The number of hydrogen-bond acceptors (Lipinski definition) is 2. The van der Waals surface area contributed by atoms with Crippen LogP contribution in [-0.2, 0) is 11.3 Å². The highest BCUT2D eigenvalue weighted by atomic mass is 16.1. The molecule has 0 aliphatic heterocycles. The lowest BCUT2D eigenvalue weighted by Crippen LogP contribution is -2.30. The summed E-state index contributed by atoms with van der Waals surface area (Å²) in [4.78, 5) is 17.0. The van der Waals surface area contributed by atoms with Crippen molar-refractivity contribution in [2.75, 3.05) is 6.54 Å². The summed E-state index contributed by atoms with van der Waals surface area (Å²) in [5, 5.41) is 3.08. The number of imidazole rings is 1. The zero-order valence-corrected chi connectivity index (χ0v) is 15.1. The maximum Gasteiger partial charge on any atom is 0.227 e. The van der Waals surface area contributed by atoms with Crippen molar-refractivity contribution in [2.24, 2.45) is 0 Å². The van der Waals surface area contributed by atoms with Gasteiger partial charge in [0, 0.05) is 31.0 Å². The summed E-state index contributed by atoms with van der Waals surface area (Å²) < 4.78 is 2.13. The Hall–Kier alpha value is -2.88. The van der Waals surface area contributed by atoms with Gasteiger partial charge in [0.05, 0.1) is 5.92 Å². The summed E-state index contributed by atoms with van der Waals surface area (Å²) in [6.07, 6.45) is 5.48. The highest BCUT2D eigenvalue weighted by Gasteiger charge is 2.17. The van der Waals surface area contributed by atoms with Crippen LogP contribution in [0.4, 0.5) is 0 Å². The largest absolute Gasteiger partial charge is 0.356 e. The molecule has 0 spiro atoms. The van der Waals surface area contributed by atoms with Gasteiger partial charge in [-0.15, -0.1) is 0 Å². The van der Waals surface area contributed by atoms with Crippen LogP contribution >= 0.6 is 0 Å². The number of rotatable bonds is 8. The lowest BCUT2D eigenvalue weighted by molar-refractivity contribution is -0.122. The van der Waals surface area contributed by atoms with Gasteiger partial charge in [-0.25, -0.2) is 4.98 Å². The Balaban J connectivity index is 1.52. The number of nitrogens with zero attached hydrogens (tertiary/aromatic N) is 2. The average Bonchev–Trinajstić information content (AvgIpc) is 3.16. The molecule has 0 aliphatic carbocycles. The highest BCUT2D eigenvalue weighted by Crippen LogP contribution is 2.19. The predicted molar refractivity (Wildman–Crippen MR) is 105 cm³/mol. The van der Waals surface area contributed by atoms with Crippen LogP contribution < -0.4 is 5.32 Å². The zero-order chi connectivity index (χ0) is 18.2. The number of carbonyl (C=O) groups excluding carboxylic acids is 1. The van der Waals surface area contributed by atoms with E-state index in [0.717, 1.165) is 36.3 Å². The standard InChI is InChI=1S/C22H25N3O/c1-2-20(18-10-5-3-6-11-18)22(26)24-14-9-16-25-17-15-23-21(25)19-12-7-4-8-13-19/h3-8,10-13,15,17,20H,2,9,14,16H2,1H3,(H,24,26). The fourth-order valence-corrected chi connectivity index (χ4v) is 3.18. The van der Waals surface area contributed by atoms with Crippen LogP contribution in [0.1, 0.15) is 31.2 Å². The molecule has 0 bridgehead atoms. The van der Waals surface area contributed by atoms with Crippen molar-refractivity contribution in [3.8, 4) is 11.4 Å². The topological polar surface area (TPSA) is 46.9 Å². The molecule has 4 nitrogen and oxygen atoms in total. The second-order valence-corrected chi connectivity index (χ2v) is 6.33. The Labute approximate surface area is 154 Å². The minimum Gasteiger partial charge on any atom is -0.356 e. The first-order chi connectivity index (χ1) is 12.8. The summed E-state index contributed by atoms with van der Waals surface area (Å²) in [5.41, 5.74) is 2.19. The third-order valence-electron chi connectivity index (χ3n) is 4.55. The number of nitrogens with one attached hydrogen (secondary N) is 1. The zero-order valence-electron chi connectivity index (χ0n) is 15.1. The van der Waals surface area contributed by atoms with Crippen LogP contribution in [0.5, 0.6) is 0 Å². The molecule has 1 atom stereocenters. The van der Waals surface area contributed by atoms with E-state index in [-0.39, 0.29) is 11.8 Å². The van der Waals surface area contributed by atoms with Gasteiger partial charge in [0.15, 0.2) is 0 Å². The number of hydrogen-bond donors (Lipinski definition) is 1. The molecule has 4 heteroatoms. The molecule has 1 unspecified atom stereocenters. The number of benzene rings is 2. The molecule has 2 aromatic carbocycles. The van der Waals surface area contributed by atoms with Gasteiger partial charge in [-0.2, -0.15) is 0 Å². The van der Waals surface area contributed by atoms with E-state index < -0.39 is 0 Å². The van der Waals surface area contributed by atoms with E-state index >= 15 is 0 Å². The molecular weight excluding hydrogens is 322 g/mol. The molecule has 1 heterocycles. The maximum absolute atomic E-state index is 12.5. The van der Waals surface area contributed by atoms with Crippen molar-refractivity contribution in [1.82, 2.24) is 14.9 Å². The molecule has 1 amide bonds. The van der Waals surface area contributed by atoms with Crippen LogP contribution in [0.3, 0.4) is 0 Å². The molecule has 3 rings (SSSR count). The number of amides is 1. The second-order valence-electron chi connectivity index (χ2n) is 6.33. The minimum absolute atomic E-state index is 0.0793. The Morgan fingerprint density at radius 1 is 1.08 bits per heavy atom. The van der Waals surface area contributed by atoms with Crippen LogP contribution in [0.15, 0.2) is 73.1 Å². The van der Waals surface area contributed by atoms with Crippen LogP contribution in [0, 0.1) is 0 Å². The molecule has 0 saturated carbocycles. The molecule has 1 N–H and O–H groups in total. The van der Waals surface area contributed by atoms with Crippen molar-refractivity contribution in [3.05, 3.63) is 78.6 Å².